The Kier molecular flexibility index (Phi) is 10.1. The summed E-state index contributed by atoms with van der Waals surface area (Å²) in [6.07, 6.45) is -0.619. The average Bonchev–Trinajstić information content (AvgIpc) is 2.57. The van der Waals surface area contributed by atoms with Crippen LogP contribution >= 0.6 is 0 Å². The zero-order chi connectivity index (χ0) is 20.2. The minimum absolute atomic E-state index is 0.000569. The summed E-state index contributed by atoms with van der Waals surface area (Å²) in [7, 11) is 0. The summed E-state index contributed by atoms with van der Waals surface area (Å²) in [5.74, 6) is -1.22. The minimum Gasteiger partial charge on any atom is -0.466 e. The lowest BCUT2D eigenvalue weighted by atomic mass is 10.0. The standard InChI is InChI=1S/C19H28N2O6/c1-4-25-18(24)11-14-8-7-13(10-16(20)22)9-15(14)21-17(23)12-19(26-5-2)27-6-3/h7-9,19H,4-6,10-12H2,1-3H3,(H2,20,22)(H,21,23). The number of nitrogens with one attached hydrogen (secondary N) is 1. The third-order valence-electron chi connectivity index (χ3n) is 3.52. The van der Waals surface area contributed by atoms with Gasteiger partial charge in [0.2, 0.25) is 11.8 Å². The van der Waals surface area contributed by atoms with E-state index in [-0.39, 0.29) is 31.8 Å². The highest BCUT2D eigenvalue weighted by Gasteiger charge is 2.17. The first-order chi connectivity index (χ1) is 12.9. The normalized spacial score (nSPS) is 10.7. The Balaban J connectivity index is 2.96. The summed E-state index contributed by atoms with van der Waals surface area (Å²) in [5, 5.41) is 2.76. The van der Waals surface area contributed by atoms with Crippen molar-refractivity contribution >= 4 is 23.5 Å². The van der Waals surface area contributed by atoms with Crippen LogP contribution < -0.4 is 11.1 Å². The zero-order valence-electron chi connectivity index (χ0n) is 16.1. The van der Waals surface area contributed by atoms with E-state index in [0.29, 0.717) is 30.0 Å². The molecule has 27 heavy (non-hydrogen) atoms. The van der Waals surface area contributed by atoms with Crippen molar-refractivity contribution in [2.75, 3.05) is 25.1 Å². The predicted molar refractivity (Wildman–Crippen MR) is 100.0 cm³/mol. The molecule has 1 aromatic carbocycles. The first-order valence-electron chi connectivity index (χ1n) is 8.98. The fraction of sp³-hybridized carbons (Fsp3) is 0.526. The number of hydrogen-bond acceptors (Lipinski definition) is 6. The van der Waals surface area contributed by atoms with E-state index >= 15 is 0 Å². The molecular weight excluding hydrogens is 352 g/mol. The van der Waals surface area contributed by atoms with Crippen molar-refractivity contribution in [2.24, 2.45) is 5.73 Å². The van der Waals surface area contributed by atoms with Gasteiger partial charge in [0, 0.05) is 18.9 Å². The highest BCUT2D eigenvalue weighted by molar-refractivity contribution is 5.93. The summed E-state index contributed by atoms with van der Waals surface area (Å²) in [4.78, 5) is 35.4. The average molecular weight is 380 g/mol. The Hall–Kier alpha value is -2.45. The summed E-state index contributed by atoms with van der Waals surface area (Å²) in [6, 6.07) is 5.00. The number of hydrogen-bond donors (Lipinski definition) is 2. The van der Waals surface area contributed by atoms with Crippen molar-refractivity contribution in [3.63, 3.8) is 0 Å². The molecule has 0 aliphatic heterocycles. The van der Waals surface area contributed by atoms with Gasteiger partial charge in [0.15, 0.2) is 6.29 Å². The molecule has 0 bridgehead atoms. The van der Waals surface area contributed by atoms with Crippen molar-refractivity contribution < 1.29 is 28.6 Å². The van der Waals surface area contributed by atoms with Crippen LogP contribution in [0.3, 0.4) is 0 Å². The number of anilines is 1. The molecule has 2 amide bonds. The summed E-state index contributed by atoms with van der Waals surface area (Å²) < 4.78 is 15.7. The molecule has 150 valence electrons. The largest absolute Gasteiger partial charge is 0.466 e. The molecule has 0 saturated carbocycles. The van der Waals surface area contributed by atoms with E-state index in [1.54, 1.807) is 25.1 Å². The maximum atomic E-state index is 12.4. The molecule has 0 atom stereocenters. The van der Waals surface area contributed by atoms with Gasteiger partial charge in [-0.3, -0.25) is 14.4 Å². The van der Waals surface area contributed by atoms with E-state index in [9.17, 15) is 14.4 Å². The van der Waals surface area contributed by atoms with E-state index in [1.807, 2.05) is 13.8 Å². The number of carbonyl (C=O) groups is 3. The molecule has 0 aromatic heterocycles. The van der Waals surface area contributed by atoms with Gasteiger partial charge in [0.25, 0.3) is 0 Å². The van der Waals surface area contributed by atoms with E-state index in [2.05, 4.69) is 5.32 Å². The highest BCUT2D eigenvalue weighted by atomic mass is 16.7. The second-order valence-electron chi connectivity index (χ2n) is 5.71. The zero-order valence-corrected chi connectivity index (χ0v) is 16.1. The minimum atomic E-state index is -0.651. The molecule has 0 radical (unpaired) electrons. The Morgan fingerprint density at radius 3 is 2.26 bits per heavy atom. The van der Waals surface area contributed by atoms with E-state index in [4.69, 9.17) is 19.9 Å². The van der Waals surface area contributed by atoms with Crippen LogP contribution in [0.2, 0.25) is 0 Å². The Labute approximate surface area is 159 Å². The molecule has 0 aliphatic rings. The van der Waals surface area contributed by atoms with Crippen LogP contribution in [-0.2, 0) is 41.4 Å². The molecule has 3 N–H and O–H groups in total. The van der Waals surface area contributed by atoms with Gasteiger partial charge in [-0.2, -0.15) is 0 Å². The number of benzene rings is 1. The van der Waals surface area contributed by atoms with Crippen LogP contribution in [0.4, 0.5) is 5.69 Å². The number of carbonyl (C=O) groups excluding carboxylic acids is 3. The Morgan fingerprint density at radius 1 is 1.04 bits per heavy atom. The fourth-order valence-corrected chi connectivity index (χ4v) is 2.46. The monoisotopic (exact) mass is 380 g/mol. The molecule has 8 heteroatoms. The number of esters is 1. The van der Waals surface area contributed by atoms with Gasteiger partial charge in [-0.25, -0.2) is 0 Å². The lowest BCUT2D eigenvalue weighted by Crippen LogP contribution is -2.25. The summed E-state index contributed by atoms with van der Waals surface area (Å²) >= 11 is 0. The predicted octanol–water partition coefficient (Wildman–Crippen LogP) is 1.55. The van der Waals surface area contributed by atoms with Crippen LogP contribution in [0.5, 0.6) is 0 Å². The third kappa shape index (κ3) is 8.65. The number of ether oxygens (including phenoxy) is 3. The third-order valence-corrected chi connectivity index (χ3v) is 3.52. The number of nitrogens with two attached hydrogens (primary N) is 1. The molecule has 0 aliphatic carbocycles. The van der Waals surface area contributed by atoms with Crippen molar-refractivity contribution in [3.05, 3.63) is 29.3 Å². The number of primary amides is 1. The van der Waals surface area contributed by atoms with Gasteiger partial charge in [-0.15, -0.1) is 0 Å². The second kappa shape index (κ2) is 12.0. The van der Waals surface area contributed by atoms with Crippen LogP contribution in [0.25, 0.3) is 0 Å². The lowest BCUT2D eigenvalue weighted by molar-refractivity contribution is -0.150. The van der Waals surface area contributed by atoms with Crippen molar-refractivity contribution in [1.82, 2.24) is 0 Å². The SMILES string of the molecule is CCOC(=O)Cc1ccc(CC(N)=O)cc1NC(=O)CC(OCC)OCC. The van der Waals surface area contributed by atoms with E-state index < -0.39 is 18.2 Å². The van der Waals surface area contributed by atoms with Gasteiger partial charge in [0.1, 0.15) is 0 Å². The van der Waals surface area contributed by atoms with Crippen LogP contribution in [-0.4, -0.2) is 43.9 Å². The van der Waals surface area contributed by atoms with Crippen molar-refractivity contribution in [3.8, 4) is 0 Å². The van der Waals surface area contributed by atoms with E-state index in [0.717, 1.165) is 0 Å². The van der Waals surface area contributed by atoms with Crippen LogP contribution in [0, 0.1) is 0 Å². The molecule has 8 nitrogen and oxygen atoms in total. The van der Waals surface area contributed by atoms with Gasteiger partial charge in [-0.1, -0.05) is 12.1 Å². The molecule has 0 fully saturated rings. The van der Waals surface area contributed by atoms with Crippen molar-refractivity contribution in [1.29, 1.82) is 0 Å². The first kappa shape index (κ1) is 22.6. The molecular formula is C19H28N2O6. The maximum absolute atomic E-state index is 12.4. The summed E-state index contributed by atoms with van der Waals surface area (Å²) in [5.41, 5.74) is 6.88. The second-order valence-corrected chi connectivity index (χ2v) is 5.71. The smallest absolute Gasteiger partial charge is 0.310 e. The molecule has 1 aromatic rings. The molecule has 0 spiro atoms. The van der Waals surface area contributed by atoms with Crippen LogP contribution in [0.1, 0.15) is 38.3 Å². The number of amides is 2. The Bertz CT molecular complexity index is 641. The molecule has 0 heterocycles. The summed E-state index contributed by atoms with van der Waals surface area (Å²) in [6.45, 7) is 6.45. The number of rotatable bonds is 12. The van der Waals surface area contributed by atoms with Gasteiger partial charge >= 0.3 is 5.97 Å². The lowest BCUT2D eigenvalue weighted by Gasteiger charge is -2.18. The quantitative estimate of drug-likeness (QED) is 0.420. The van der Waals surface area contributed by atoms with Gasteiger partial charge in [-0.05, 0) is 38.0 Å². The Morgan fingerprint density at radius 2 is 1.70 bits per heavy atom. The van der Waals surface area contributed by atoms with Gasteiger partial charge < -0.3 is 25.3 Å². The highest BCUT2D eigenvalue weighted by Crippen LogP contribution is 2.20. The maximum Gasteiger partial charge on any atom is 0.310 e. The van der Waals surface area contributed by atoms with E-state index in [1.165, 1.54) is 0 Å². The molecule has 0 unspecified atom stereocenters. The molecule has 1 rings (SSSR count). The fourth-order valence-electron chi connectivity index (χ4n) is 2.46. The molecule has 0 saturated heterocycles. The van der Waals surface area contributed by atoms with Crippen LogP contribution in [0.15, 0.2) is 18.2 Å². The van der Waals surface area contributed by atoms with Crippen molar-refractivity contribution in [2.45, 2.75) is 46.3 Å². The topological polar surface area (TPSA) is 117 Å². The first-order valence-corrected chi connectivity index (χ1v) is 8.98. The van der Waals surface area contributed by atoms with Gasteiger partial charge in [0.05, 0.1) is 25.9 Å².